The summed E-state index contributed by atoms with van der Waals surface area (Å²) in [5, 5.41) is 3.57. The number of benzene rings is 1. The number of carbonyl (C=O) groups is 2. The number of amides is 2. The fourth-order valence-corrected chi connectivity index (χ4v) is 5.02. The van der Waals surface area contributed by atoms with Gasteiger partial charge in [-0.15, -0.1) is 11.3 Å². The number of likely N-dealkylation sites (tertiary alicyclic amines) is 1. The summed E-state index contributed by atoms with van der Waals surface area (Å²) >= 11 is 1.45. The zero-order valence-electron chi connectivity index (χ0n) is 17.3. The van der Waals surface area contributed by atoms with E-state index in [9.17, 15) is 9.59 Å². The molecule has 0 aliphatic carbocycles. The molecule has 0 bridgehead atoms. The summed E-state index contributed by atoms with van der Waals surface area (Å²) in [6.07, 6.45) is 3.20. The Morgan fingerprint density at radius 2 is 1.70 bits per heavy atom. The van der Waals surface area contributed by atoms with E-state index < -0.39 is 0 Å². The Balaban J connectivity index is 1.73. The average Bonchev–Trinajstić information content (AvgIpc) is 3.10. The lowest BCUT2D eigenvalue weighted by Crippen LogP contribution is -2.36. The summed E-state index contributed by atoms with van der Waals surface area (Å²) in [5.74, 6) is -0.301. The van der Waals surface area contributed by atoms with E-state index in [4.69, 9.17) is 0 Å². The van der Waals surface area contributed by atoms with Crippen molar-refractivity contribution in [2.24, 2.45) is 0 Å². The van der Waals surface area contributed by atoms with Gasteiger partial charge in [0.05, 0.1) is 5.56 Å². The smallest absolute Gasteiger partial charge is 0.274 e. The van der Waals surface area contributed by atoms with E-state index in [0.29, 0.717) is 16.3 Å². The van der Waals surface area contributed by atoms with E-state index in [2.05, 4.69) is 10.3 Å². The summed E-state index contributed by atoms with van der Waals surface area (Å²) < 4.78 is 0. The molecule has 3 aromatic rings. The Labute approximate surface area is 180 Å². The van der Waals surface area contributed by atoms with Crippen molar-refractivity contribution < 1.29 is 9.59 Å². The largest absolute Gasteiger partial charge is 0.339 e. The van der Waals surface area contributed by atoms with Crippen molar-refractivity contribution >= 4 is 28.2 Å². The predicted molar refractivity (Wildman–Crippen MR) is 121 cm³/mol. The van der Waals surface area contributed by atoms with Crippen molar-refractivity contribution in [3.8, 4) is 10.4 Å². The Morgan fingerprint density at radius 3 is 2.40 bits per heavy atom. The van der Waals surface area contributed by atoms with E-state index in [1.54, 1.807) is 6.07 Å². The molecule has 0 radical (unpaired) electrons. The van der Waals surface area contributed by atoms with Gasteiger partial charge in [0, 0.05) is 23.7 Å². The number of anilines is 1. The minimum atomic E-state index is -0.299. The zero-order valence-corrected chi connectivity index (χ0v) is 18.1. The number of carbonyl (C=O) groups excluding carboxylic acids is 2. The number of hydrogen-bond donors (Lipinski definition) is 1. The van der Waals surface area contributed by atoms with Crippen LogP contribution in [0.2, 0.25) is 0 Å². The van der Waals surface area contributed by atoms with Gasteiger partial charge in [0.25, 0.3) is 11.8 Å². The Kier molecular flexibility index (Phi) is 5.95. The zero-order chi connectivity index (χ0) is 21.1. The van der Waals surface area contributed by atoms with Crippen LogP contribution in [-0.4, -0.2) is 34.8 Å². The van der Waals surface area contributed by atoms with Crippen LogP contribution in [0.1, 0.15) is 51.4 Å². The van der Waals surface area contributed by atoms with Crippen molar-refractivity contribution in [2.45, 2.75) is 33.1 Å². The van der Waals surface area contributed by atoms with Crippen molar-refractivity contribution in [2.75, 3.05) is 18.4 Å². The fourth-order valence-electron chi connectivity index (χ4n) is 3.82. The van der Waals surface area contributed by atoms with Crippen LogP contribution in [0.4, 0.5) is 5.00 Å². The molecule has 6 heteroatoms. The van der Waals surface area contributed by atoms with Crippen LogP contribution in [-0.2, 0) is 0 Å². The second kappa shape index (κ2) is 8.79. The van der Waals surface area contributed by atoms with E-state index >= 15 is 0 Å². The van der Waals surface area contributed by atoms with Crippen LogP contribution in [0.25, 0.3) is 10.4 Å². The predicted octanol–water partition coefficient (Wildman–Crippen LogP) is 5.31. The first kappa shape index (κ1) is 20.3. The third-order valence-electron chi connectivity index (χ3n) is 5.39. The van der Waals surface area contributed by atoms with Crippen LogP contribution in [0.15, 0.2) is 48.5 Å². The van der Waals surface area contributed by atoms with Gasteiger partial charge in [-0.25, -0.2) is 4.98 Å². The molecule has 0 atom stereocenters. The highest BCUT2D eigenvalue weighted by molar-refractivity contribution is 7.20. The Morgan fingerprint density at radius 1 is 0.967 bits per heavy atom. The highest BCUT2D eigenvalue weighted by Gasteiger charge is 2.28. The van der Waals surface area contributed by atoms with Crippen LogP contribution in [0, 0.1) is 13.8 Å². The number of thiophene rings is 1. The summed E-state index contributed by atoms with van der Waals surface area (Å²) in [5.41, 5.74) is 3.68. The maximum atomic E-state index is 13.4. The molecule has 0 unspecified atom stereocenters. The maximum Gasteiger partial charge on any atom is 0.274 e. The number of nitrogens with one attached hydrogen (secondary N) is 1. The van der Waals surface area contributed by atoms with Crippen molar-refractivity contribution in [1.82, 2.24) is 9.88 Å². The van der Waals surface area contributed by atoms with Gasteiger partial charge < -0.3 is 10.2 Å². The Hall–Kier alpha value is -2.99. The van der Waals surface area contributed by atoms with Gasteiger partial charge in [-0.05, 0) is 56.4 Å². The number of hydrogen-bond acceptors (Lipinski definition) is 4. The van der Waals surface area contributed by atoms with E-state index in [0.717, 1.165) is 54.0 Å². The first-order chi connectivity index (χ1) is 14.5. The molecule has 1 aliphatic rings. The van der Waals surface area contributed by atoms with E-state index in [-0.39, 0.29) is 11.8 Å². The molecule has 2 aromatic heterocycles. The highest BCUT2D eigenvalue weighted by Crippen LogP contribution is 2.41. The SMILES string of the molecule is Cc1cccc(C(=O)Nc2sc(-c3ccccc3)c(C)c2C(=O)N2CCCCC2)n1. The number of aromatic nitrogens is 1. The highest BCUT2D eigenvalue weighted by atomic mass is 32.1. The van der Waals surface area contributed by atoms with Gasteiger partial charge >= 0.3 is 0 Å². The first-order valence-corrected chi connectivity index (χ1v) is 11.1. The molecule has 4 rings (SSSR count). The van der Waals surface area contributed by atoms with Crippen molar-refractivity contribution in [3.63, 3.8) is 0 Å². The van der Waals surface area contributed by atoms with Gasteiger partial charge in [0.1, 0.15) is 10.7 Å². The molecule has 3 heterocycles. The molecular weight excluding hydrogens is 394 g/mol. The fraction of sp³-hybridized carbons (Fsp3) is 0.292. The van der Waals surface area contributed by atoms with Crippen LogP contribution in [0.3, 0.4) is 0 Å². The molecule has 1 fully saturated rings. The second-order valence-electron chi connectivity index (χ2n) is 7.60. The summed E-state index contributed by atoms with van der Waals surface area (Å²) in [6.45, 7) is 5.35. The van der Waals surface area contributed by atoms with Gasteiger partial charge in [-0.3, -0.25) is 9.59 Å². The molecule has 1 saturated heterocycles. The quantitative estimate of drug-likeness (QED) is 0.624. The monoisotopic (exact) mass is 419 g/mol. The molecule has 0 saturated carbocycles. The number of pyridine rings is 1. The van der Waals surface area contributed by atoms with Gasteiger partial charge in [-0.1, -0.05) is 36.4 Å². The normalized spacial score (nSPS) is 13.9. The van der Waals surface area contributed by atoms with Crippen molar-refractivity contribution in [3.05, 3.63) is 71.0 Å². The lowest BCUT2D eigenvalue weighted by molar-refractivity contribution is 0.0725. The van der Waals surface area contributed by atoms with Crippen molar-refractivity contribution in [1.29, 1.82) is 0 Å². The van der Waals surface area contributed by atoms with Crippen LogP contribution >= 0.6 is 11.3 Å². The van der Waals surface area contributed by atoms with Crippen LogP contribution in [0.5, 0.6) is 0 Å². The Bertz CT molecular complexity index is 1070. The minimum Gasteiger partial charge on any atom is -0.339 e. The lowest BCUT2D eigenvalue weighted by atomic mass is 10.0. The lowest BCUT2D eigenvalue weighted by Gasteiger charge is -2.27. The molecular formula is C24H25N3O2S. The third kappa shape index (κ3) is 4.14. The van der Waals surface area contributed by atoms with Gasteiger partial charge in [0.15, 0.2) is 0 Å². The topological polar surface area (TPSA) is 62.3 Å². The summed E-state index contributed by atoms with van der Waals surface area (Å²) in [7, 11) is 0. The first-order valence-electron chi connectivity index (χ1n) is 10.3. The molecule has 2 amide bonds. The molecule has 5 nitrogen and oxygen atoms in total. The number of piperidine rings is 1. The van der Waals surface area contributed by atoms with Gasteiger partial charge in [-0.2, -0.15) is 0 Å². The van der Waals surface area contributed by atoms with E-state index in [1.807, 2.05) is 61.2 Å². The van der Waals surface area contributed by atoms with E-state index in [1.165, 1.54) is 11.3 Å². The maximum absolute atomic E-state index is 13.4. The molecule has 1 N–H and O–H groups in total. The molecule has 30 heavy (non-hydrogen) atoms. The standard InChI is InChI=1S/C24H25N3O2S/c1-16-10-9-13-19(25-16)22(28)26-23-20(24(29)27-14-7-4-8-15-27)17(2)21(30-23)18-11-5-3-6-12-18/h3,5-6,9-13H,4,7-8,14-15H2,1-2H3,(H,26,28). The summed E-state index contributed by atoms with van der Waals surface area (Å²) in [6, 6.07) is 15.3. The van der Waals surface area contributed by atoms with Crippen LogP contribution < -0.4 is 5.32 Å². The third-order valence-corrected chi connectivity index (χ3v) is 6.64. The summed E-state index contributed by atoms with van der Waals surface area (Å²) in [4.78, 5) is 33.5. The number of aryl methyl sites for hydroxylation is 1. The molecule has 1 aliphatic heterocycles. The average molecular weight is 420 g/mol. The molecule has 154 valence electrons. The number of nitrogens with zero attached hydrogens (tertiary/aromatic N) is 2. The molecule has 1 aromatic carbocycles. The molecule has 0 spiro atoms. The van der Waals surface area contributed by atoms with Gasteiger partial charge in [0.2, 0.25) is 0 Å². The second-order valence-corrected chi connectivity index (χ2v) is 8.62. The number of rotatable bonds is 4. The minimum absolute atomic E-state index is 0.00173.